The summed E-state index contributed by atoms with van der Waals surface area (Å²) in [7, 11) is 0. The van der Waals surface area contributed by atoms with Gasteiger partial charge in [-0.15, -0.1) is 0 Å². The van der Waals surface area contributed by atoms with Crippen LogP contribution < -0.4 is 14.8 Å². The Morgan fingerprint density at radius 2 is 2.04 bits per heavy atom. The standard InChI is InChI=1S/C19H26N2O4/c1-19(2)12-14-6-5-7-15(18(14)25-19)24-13-16(22)20-9-8-17(23)21-10-3-4-11-21/h5-7H,3-4,8-13H2,1-2H3,(H,20,22). The van der Waals surface area contributed by atoms with Crippen molar-refractivity contribution in [3.8, 4) is 11.5 Å². The molecule has 2 aliphatic rings. The van der Waals surface area contributed by atoms with Gasteiger partial charge in [0.2, 0.25) is 5.91 Å². The van der Waals surface area contributed by atoms with Gasteiger partial charge in [-0.1, -0.05) is 12.1 Å². The minimum absolute atomic E-state index is 0.0852. The first kappa shape index (κ1) is 17.6. The van der Waals surface area contributed by atoms with Crippen LogP contribution in [0.25, 0.3) is 0 Å². The molecular formula is C19H26N2O4. The molecule has 1 saturated heterocycles. The normalized spacial score (nSPS) is 17.8. The zero-order valence-electron chi connectivity index (χ0n) is 15.0. The molecule has 0 bridgehead atoms. The van der Waals surface area contributed by atoms with E-state index in [9.17, 15) is 9.59 Å². The Hall–Kier alpha value is -2.24. The summed E-state index contributed by atoms with van der Waals surface area (Å²) in [4.78, 5) is 25.7. The van der Waals surface area contributed by atoms with Gasteiger partial charge in [-0.25, -0.2) is 0 Å². The Labute approximate surface area is 148 Å². The number of likely N-dealkylation sites (tertiary alicyclic amines) is 1. The molecule has 1 aromatic rings. The van der Waals surface area contributed by atoms with Crippen LogP contribution in [0.4, 0.5) is 0 Å². The van der Waals surface area contributed by atoms with Crippen LogP contribution in [0.15, 0.2) is 18.2 Å². The molecule has 2 aliphatic heterocycles. The number of hydrogen-bond acceptors (Lipinski definition) is 4. The van der Waals surface area contributed by atoms with E-state index in [1.165, 1.54) is 0 Å². The van der Waals surface area contributed by atoms with Crippen LogP contribution in [0.3, 0.4) is 0 Å². The fourth-order valence-electron chi connectivity index (χ4n) is 3.33. The number of amides is 2. The van der Waals surface area contributed by atoms with Gasteiger partial charge in [0.15, 0.2) is 18.1 Å². The van der Waals surface area contributed by atoms with E-state index in [0.717, 1.165) is 43.7 Å². The number of carbonyl (C=O) groups excluding carboxylic acids is 2. The lowest BCUT2D eigenvalue weighted by atomic mass is 10.0. The highest BCUT2D eigenvalue weighted by atomic mass is 16.5. The summed E-state index contributed by atoms with van der Waals surface area (Å²) in [6.07, 6.45) is 3.31. The third-order valence-corrected chi connectivity index (χ3v) is 4.53. The Bertz CT molecular complexity index is 651. The van der Waals surface area contributed by atoms with Crippen molar-refractivity contribution in [2.24, 2.45) is 0 Å². The van der Waals surface area contributed by atoms with Gasteiger partial charge in [-0.05, 0) is 32.8 Å². The van der Waals surface area contributed by atoms with E-state index >= 15 is 0 Å². The van der Waals surface area contributed by atoms with E-state index in [-0.39, 0.29) is 24.0 Å². The fraction of sp³-hybridized carbons (Fsp3) is 0.579. The lowest BCUT2D eigenvalue weighted by Gasteiger charge is -2.18. The average Bonchev–Trinajstić information content (AvgIpc) is 3.18. The van der Waals surface area contributed by atoms with Gasteiger partial charge in [-0.3, -0.25) is 9.59 Å². The molecule has 1 N–H and O–H groups in total. The maximum absolute atomic E-state index is 11.9. The Kier molecular flexibility index (Phi) is 5.16. The number of benzene rings is 1. The highest BCUT2D eigenvalue weighted by molar-refractivity contribution is 5.80. The molecule has 0 spiro atoms. The van der Waals surface area contributed by atoms with Crippen molar-refractivity contribution in [1.82, 2.24) is 10.2 Å². The van der Waals surface area contributed by atoms with Crippen LogP contribution in [0.1, 0.15) is 38.7 Å². The molecule has 0 atom stereocenters. The van der Waals surface area contributed by atoms with Gasteiger partial charge in [0.1, 0.15) is 5.60 Å². The second-order valence-electron chi connectivity index (χ2n) is 7.26. The first-order chi connectivity index (χ1) is 11.9. The molecule has 0 saturated carbocycles. The third kappa shape index (κ3) is 4.44. The third-order valence-electron chi connectivity index (χ3n) is 4.53. The van der Waals surface area contributed by atoms with Crippen LogP contribution in [-0.4, -0.2) is 48.6 Å². The Balaban J connectivity index is 1.43. The number of hydrogen-bond donors (Lipinski definition) is 1. The predicted octanol–water partition coefficient (Wildman–Crippen LogP) is 1.91. The summed E-state index contributed by atoms with van der Waals surface area (Å²) in [5.41, 5.74) is 0.846. The van der Waals surface area contributed by atoms with Crippen molar-refractivity contribution in [3.05, 3.63) is 23.8 Å². The molecule has 0 aromatic heterocycles. The van der Waals surface area contributed by atoms with Crippen molar-refractivity contribution in [3.63, 3.8) is 0 Å². The van der Waals surface area contributed by atoms with E-state index in [0.29, 0.717) is 18.7 Å². The van der Waals surface area contributed by atoms with Gasteiger partial charge >= 0.3 is 0 Å². The lowest BCUT2D eigenvalue weighted by molar-refractivity contribution is -0.130. The van der Waals surface area contributed by atoms with E-state index < -0.39 is 0 Å². The molecule has 1 aromatic carbocycles. The number of para-hydroxylation sites is 1. The van der Waals surface area contributed by atoms with E-state index in [4.69, 9.17) is 9.47 Å². The molecule has 1 fully saturated rings. The van der Waals surface area contributed by atoms with Crippen molar-refractivity contribution in [2.45, 2.75) is 45.1 Å². The zero-order valence-corrected chi connectivity index (χ0v) is 15.0. The largest absolute Gasteiger partial charge is 0.483 e. The molecule has 0 aliphatic carbocycles. The van der Waals surface area contributed by atoms with Gasteiger partial charge in [0.05, 0.1) is 0 Å². The molecule has 2 amide bonds. The second-order valence-corrected chi connectivity index (χ2v) is 7.26. The van der Waals surface area contributed by atoms with Gasteiger partial charge in [0.25, 0.3) is 5.91 Å². The minimum atomic E-state index is -0.250. The number of fused-ring (bicyclic) bond motifs is 1. The smallest absolute Gasteiger partial charge is 0.257 e. The van der Waals surface area contributed by atoms with E-state index in [2.05, 4.69) is 5.32 Å². The predicted molar refractivity (Wildman–Crippen MR) is 93.8 cm³/mol. The summed E-state index contributed by atoms with van der Waals surface area (Å²) < 4.78 is 11.5. The summed E-state index contributed by atoms with van der Waals surface area (Å²) in [5, 5.41) is 2.74. The summed E-state index contributed by atoms with van der Waals surface area (Å²) in [5.74, 6) is 1.19. The Morgan fingerprint density at radius 3 is 2.80 bits per heavy atom. The fourth-order valence-corrected chi connectivity index (χ4v) is 3.33. The quantitative estimate of drug-likeness (QED) is 0.854. The van der Waals surface area contributed by atoms with Crippen LogP contribution in [0.2, 0.25) is 0 Å². The summed E-state index contributed by atoms with van der Waals surface area (Å²) in [6, 6.07) is 5.73. The topological polar surface area (TPSA) is 67.9 Å². The highest BCUT2D eigenvalue weighted by Crippen LogP contribution is 2.41. The molecule has 0 unspecified atom stereocenters. The van der Waals surface area contributed by atoms with Gasteiger partial charge in [0, 0.05) is 38.0 Å². The van der Waals surface area contributed by atoms with Crippen molar-refractivity contribution >= 4 is 11.8 Å². The molecule has 6 heteroatoms. The molecule has 6 nitrogen and oxygen atoms in total. The number of ether oxygens (including phenoxy) is 2. The number of rotatable bonds is 6. The number of nitrogens with one attached hydrogen (secondary N) is 1. The number of carbonyl (C=O) groups is 2. The van der Waals surface area contributed by atoms with E-state index in [1.54, 1.807) is 0 Å². The van der Waals surface area contributed by atoms with Crippen molar-refractivity contribution in [2.75, 3.05) is 26.2 Å². The molecule has 25 heavy (non-hydrogen) atoms. The molecule has 2 heterocycles. The van der Waals surface area contributed by atoms with E-state index in [1.807, 2.05) is 36.9 Å². The SMILES string of the molecule is CC1(C)Cc2cccc(OCC(=O)NCCC(=O)N3CCCC3)c2O1. The van der Waals surface area contributed by atoms with Crippen LogP contribution in [0, 0.1) is 0 Å². The summed E-state index contributed by atoms with van der Waals surface area (Å²) >= 11 is 0. The molecular weight excluding hydrogens is 320 g/mol. The lowest BCUT2D eigenvalue weighted by Crippen LogP contribution is -2.34. The van der Waals surface area contributed by atoms with Crippen LogP contribution in [0.5, 0.6) is 11.5 Å². The van der Waals surface area contributed by atoms with Crippen molar-refractivity contribution < 1.29 is 19.1 Å². The minimum Gasteiger partial charge on any atom is -0.483 e. The first-order valence-electron chi connectivity index (χ1n) is 8.93. The zero-order chi connectivity index (χ0) is 17.9. The average molecular weight is 346 g/mol. The first-order valence-corrected chi connectivity index (χ1v) is 8.93. The van der Waals surface area contributed by atoms with Crippen molar-refractivity contribution in [1.29, 1.82) is 0 Å². The van der Waals surface area contributed by atoms with Crippen LogP contribution in [-0.2, 0) is 16.0 Å². The van der Waals surface area contributed by atoms with Crippen LogP contribution >= 0.6 is 0 Å². The highest BCUT2D eigenvalue weighted by Gasteiger charge is 2.32. The molecule has 0 radical (unpaired) electrons. The second kappa shape index (κ2) is 7.33. The monoisotopic (exact) mass is 346 g/mol. The summed E-state index contributed by atoms with van der Waals surface area (Å²) in [6.45, 7) is 5.99. The number of nitrogens with zero attached hydrogens (tertiary/aromatic N) is 1. The maximum atomic E-state index is 11.9. The molecule has 136 valence electrons. The Morgan fingerprint density at radius 1 is 1.28 bits per heavy atom. The van der Waals surface area contributed by atoms with Gasteiger partial charge in [-0.2, -0.15) is 0 Å². The molecule has 3 rings (SSSR count). The maximum Gasteiger partial charge on any atom is 0.257 e. The van der Waals surface area contributed by atoms with Gasteiger partial charge < -0.3 is 19.7 Å².